The van der Waals surface area contributed by atoms with Crippen LogP contribution in [-0.4, -0.2) is 20.4 Å². The van der Waals surface area contributed by atoms with Crippen molar-refractivity contribution in [2.75, 3.05) is 0 Å². The highest BCUT2D eigenvalue weighted by atomic mass is 16.2. The molecular formula is C34H31N3O2. The Balaban J connectivity index is 1.68. The summed E-state index contributed by atoms with van der Waals surface area (Å²) in [5, 5.41) is 0.544. The van der Waals surface area contributed by atoms with Crippen LogP contribution in [0.2, 0.25) is 0 Å². The monoisotopic (exact) mass is 513 g/mol. The van der Waals surface area contributed by atoms with Crippen LogP contribution in [0.5, 0.6) is 0 Å². The topological polar surface area (TPSA) is 55.2 Å². The predicted octanol–water partition coefficient (Wildman–Crippen LogP) is 6.89. The van der Waals surface area contributed by atoms with Crippen LogP contribution in [0.1, 0.15) is 41.9 Å². The van der Waals surface area contributed by atoms with Gasteiger partial charge in [-0.25, -0.2) is 4.98 Å². The minimum absolute atomic E-state index is 0.146. The van der Waals surface area contributed by atoms with Gasteiger partial charge in [0.05, 0.1) is 22.6 Å². The van der Waals surface area contributed by atoms with Crippen molar-refractivity contribution in [3.8, 4) is 5.69 Å². The molecule has 5 rings (SSSR count). The number of aromatic nitrogens is 2. The molecule has 0 N–H and O–H groups in total. The number of carbonyl (C=O) groups excluding carboxylic acids is 1. The van der Waals surface area contributed by atoms with E-state index in [1.807, 2.05) is 128 Å². The number of nitrogens with zero attached hydrogens (tertiary/aromatic N) is 3. The molecule has 0 fully saturated rings. The van der Waals surface area contributed by atoms with Gasteiger partial charge in [0.1, 0.15) is 5.82 Å². The summed E-state index contributed by atoms with van der Waals surface area (Å²) < 4.78 is 1.68. The predicted molar refractivity (Wildman–Crippen MR) is 158 cm³/mol. The van der Waals surface area contributed by atoms with E-state index in [9.17, 15) is 9.59 Å². The normalized spacial score (nSPS) is 12.1. The van der Waals surface area contributed by atoms with Gasteiger partial charge in [0.2, 0.25) is 5.91 Å². The van der Waals surface area contributed by atoms with E-state index in [2.05, 4.69) is 0 Å². The molecule has 0 aliphatic heterocycles. The lowest BCUT2D eigenvalue weighted by atomic mass is 10.1. The number of hydrogen-bond acceptors (Lipinski definition) is 3. The van der Waals surface area contributed by atoms with Crippen molar-refractivity contribution in [2.45, 2.75) is 32.9 Å². The first kappa shape index (κ1) is 25.9. The molecule has 0 saturated carbocycles. The summed E-state index contributed by atoms with van der Waals surface area (Å²) in [5.74, 6) is 0.400. The summed E-state index contributed by atoms with van der Waals surface area (Å²) in [5.41, 5.74) is 4.19. The molecular weight excluding hydrogens is 482 g/mol. The number of para-hydroxylation sites is 1. The van der Waals surface area contributed by atoms with Crippen LogP contribution in [0.4, 0.5) is 0 Å². The fourth-order valence-electron chi connectivity index (χ4n) is 4.88. The second-order valence-electron chi connectivity index (χ2n) is 9.59. The van der Waals surface area contributed by atoms with Gasteiger partial charge in [-0.3, -0.25) is 14.2 Å². The van der Waals surface area contributed by atoms with E-state index in [1.165, 1.54) is 0 Å². The SMILES string of the molecule is CCC(c1nc2ccccc2c(=O)n1-c1cccc(C)c1)N(Cc1ccccc1)C(=O)/C=C/c1ccccc1. The Bertz CT molecular complexity index is 1670. The molecule has 0 radical (unpaired) electrons. The summed E-state index contributed by atoms with van der Waals surface area (Å²) in [4.78, 5) is 34.7. The molecule has 5 aromatic rings. The number of benzene rings is 4. The molecule has 1 aromatic heterocycles. The number of fused-ring (bicyclic) bond motifs is 1. The van der Waals surface area contributed by atoms with Gasteiger partial charge in [-0.2, -0.15) is 0 Å². The Hall–Kier alpha value is -4.77. The van der Waals surface area contributed by atoms with E-state index >= 15 is 0 Å². The highest BCUT2D eigenvalue weighted by Crippen LogP contribution is 2.28. The first-order valence-electron chi connectivity index (χ1n) is 13.2. The van der Waals surface area contributed by atoms with Crippen LogP contribution in [-0.2, 0) is 11.3 Å². The smallest absolute Gasteiger partial charge is 0.266 e. The molecule has 0 aliphatic carbocycles. The molecule has 0 spiro atoms. The average molecular weight is 514 g/mol. The van der Waals surface area contributed by atoms with Crippen molar-refractivity contribution in [1.29, 1.82) is 0 Å². The molecule has 194 valence electrons. The maximum Gasteiger partial charge on any atom is 0.266 e. The van der Waals surface area contributed by atoms with Crippen LogP contribution in [0.3, 0.4) is 0 Å². The van der Waals surface area contributed by atoms with Crippen molar-refractivity contribution < 1.29 is 4.79 Å². The molecule has 1 heterocycles. The molecule has 0 aliphatic rings. The average Bonchev–Trinajstić information content (AvgIpc) is 2.97. The van der Waals surface area contributed by atoms with Crippen LogP contribution >= 0.6 is 0 Å². The van der Waals surface area contributed by atoms with Crippen LogP contribution in [0.15, 0.2) is 120 Å². The Morgan fingerprint density at radius 2 is 1.59 bits per heavy atom. The lowest BCUT2D eigenvalue weighted by Gasteiger charge is -2.32. The van der Waals surface area contributed by atoms with Crippen molar-refractivity contribution in [1.82, 2.24) is 14.5 Å². The summed E-state index contributed by atoms with van der Waals surface area (Å²) in [6, 6.07) is 34.4. The summed E-state index contributed by atoms with van der Waals surface area (Å²) in [6.45, 7) is 4.41. The van der Waals surface area contributed by atoms with Crippen molar-refractivity contribution in [3.05, 3.63) is 148 Å². The number of hydrogen-bond donors (Lipinski definition) is 0. The molecule has 1 atom stereocenters. The second kappa shape index (κ2) is 11.7. The minimum atomic E-state index is -0.448. The largest absolute Gasteiger partial charge is 0.325 e. The van der Waals surface area contributed by atoms with E-state index in [4.69, 9.17) is 4.98 Å². The third-order valence-corrected chi connectivity index (χ3v) is 6.82. The van der Waals surface area contributed by atoms with Gasteiger partial charge < -0.3 is 4.90 Å². The van der Waals surface area contributed by atoms with Gasteiger partial charge in [0.25, 0.3) is 5.56 Å². The molecule has 0 bridgehead atoms. The van der Waals surface area contributed by atoms with Gasteiger partial charge in [0.15, 0.2) is 0 Å². The number of rotatable bonds is 8. The van der Waals surface area contributed by atoms with Crippen LogP contribution in [0.25, 0.3) is 22.7 Å². The van der Waals surface area contributed by atoms with E-state index in [0.29, 0.717) is 29.7 Å². The van der Waals surface area contributed by atoms with Crippen molar-refractivity contribution in [2.24, 2.45) is 0 Å². The van der Waals surface area contributed by atoms with E-state index in [0.717, 1.165) is 22.4 Å². The van der Waals surface area contributed by atoms with Crippen LogP contribution < -0.4 is 5.56 Å². The lowest BCUT2D eigenvalue weighted by Crippen LogP contribution is -2.37. The van der Waals surface area contributed by atoms with Gasteiger partial charge in [-0.15, -0.1) is 0 Å². The lowest BCUT2D eigenvalue weighted by molar-refractivity contribution is -0.129. The Labute approximate surface area is 228 Å². The summed E-state index contributed by atoms with van der Waals surface area (Å²) in [7, 11) is 0. The Morgan fingerprint density at radius 3 is 2.31 bits per heavy atom. The Kier molecular flexibility index (Phi) is 7.78. The Morgan fingerprint density at radius 1 is 0.897 bits per heavy atom. The fourth-order valence-corrected chi connectivity index (χ4v) is 4.88. The van der Waals surface area contributed by atoms with Gasteiger partial charge in [-0.1, -0.05) is 91.9 Å². The maximum atomic E-state index is 13.9. The van der Waals surface area contributed by atoms with Gasteiger partial charge >= 0.3 is 0 Å². The van der Waals surface area contributed by atoms with E-state index in [1.54, 1.807) is 16.7 Å². The maximum absolute atomic E-state index is 13.9. The van der Waals surface area contributed by atoms with Gasteiger partial charge in [-0.05, 0) is 60.4 Å². The fraction of sp³-hybridized carbons (Fsp3) is 0.147. The molecule has 0 saturated heterocycles. The molecule has 1 amide bonds. The molecule has 39 heavy (non-hydrogen) atoms. The molecule has 5 nitrogen and oxygen atoms in total. The first-order valence-corrected chi connectivity index (χ1v) is 13.2. The van der Waals surface area contributed by atoms with Crippen molar-refractivity contribution in [3.63, 3.8) is 0 Å². The van der Waals surface area contributed by atoms with Gasteiger partial charge in [0, 0.05) is 12.6 Å². The first-order chi connectivity index (χ1) is 19.0. The number of carbonyl (C=O) groups is 1. The van der Waals surface area contributed by atoms with Crippen molar-refractivity contribution >= 4 is 22.9 Å². The third-order valence-electron chi connectivity index (χ3n) is 6.82. The summed E-state index contributed by atoms with van der Waals surface area (Å²) in [6.07, 6.45) is 4.01. The van der Waals surface area contributed by atoms with E-state index in [-0.39, 0.29) is 11.5 Å². The quantitative estimate of drug-likeness (QED) is 0.212. The zero-order valence-electron chi connectivity index (χ0n) is 22.2. The molecule has 1 unspecified atom stereocenters. The number of amides is 1. The molecule has 4 aromatic carbocycles. The highest BCUT2D eigenvalue weighted by molar-refractivity contribution is 5.92. The molecule has 5 heteroatoms. The second-order valence-corrected chi connectivity index (χ2v) is 9.59. The van der Waals surface area contributed by atoms with E-state index < -0.39 is 6.04 Å². The van der Waals surface area contributed by atoms with Crippen LogP contribution in [0, 0.1) is 6.92 Å². The highest BCUT2D eigenvalue weighted by Gasteiger charge is 2.28. The standard InChI is InChI=1S/C34H31N3O2/c1-3-31(36(24-27-16-8-5-9-17-27)32(38)22-21-26-14-6-4-7-15-26)33-35-30-20-11-10-19-29(30)34(39)37(33)28-18-12-13-25(2)23-28/h4-23,31H,3,24H2,1-2H3/b22-21+. The zero-order valence-corrected chi connectivity index (χ0v) is 22.2. The minimum Gasteiger partial charge on any atom is -0.325 e. The third kappa shape index (κ3) is 5.73. The summed E-state index contributed by atoms with van der Waals surface area (Å²) >= 11 is 0. The zero-order chi connectivity index (χ0) is 27.2. The number of aryl methyl sites for hydroxylation is 1.